The third-order valence-electron chi connectivity index (χ3n) is 2.39. The van der Waals surface area contributed by atoms with Gasteiger partial charge in [0.1, 0.15) is 0 Å². The number of hydrogen-bond acceptors (Lipinski definition) is 3. The zero-order valence-corrected chi connectivity index (χ0v) is 12.4. The molecule has 9 heteroatoms. The summed E-state index contributed by atoms with van der Waals surface area (Å²) in [5, 5.41) is -0.176. The molecule has 0 atom stereocenters. The molecule has 0 radical (unpaired) electrons. The van der Waals surface area contributed by atoms with Crippen molar-refractivity contribution in [1.82, 2.24) is 9.62 Å². The van der Waals surface area contributed by atoms with E-state index in [1.54, 1.807) is 19.0 Å². The number of sulfonamides is 1. The van der Waals surface area contributed by atoms with Crippen molar-refractivity contribution < 1.29 is 21.6 Å². The number of likely N-dealkylation sites (N-methyl/N-ethyl adjacent to an activating group) is 1. The molecule has 1 rings (SSSR count). The standard InChI is InChI=1S/C11H14ClF3N2O2S/c1-17(2)6-5-16-20(18,19)10-4-3-8(12)7-9(10)11(13,14)15/h3-4,7,16H,5-6H2,1-2H3. The molecular formula is C11H14ClF3N2O2S. The van der Waals surface area contributed by atoms with Gasteiger partial charge in [-0.05, 0) is 32.3 Å². The van der Waals surface area contributed by atoms with Crippen LogP contribution in [0.4, 0.5) is 13.2 Å². The van der Waals surface area contributed by atoms with Gasteiger partial charge in [0.2, 0.25) is 10.0 Å². The summed E-state index contributed by atoms with van der Waals surface area (Å²) in [4.78, 5) is 0.878. The van der Waals surface area contributed by atoms with E-state index in [1.165, 1.54) is 0 Å². The topological polar surface area (TPSA) is 49.4 Å². The molecule has 4 nitrogen and oxygen atoms in total. The second-order valence-corrected chi connectivity index (χ2v) is 6.51. The number of rotatable bonds is 5. The Morgan fingerprint density at radius 1 is 1.30 bits per heavy atom. The zero-order valence-electron chi connectivity index (χ0n) is 10.8. The summed E-state index contributed by atoms with van der Waals surface area (Å²) in [6, 6.07) is 2.56. The fourth-order valence-corrected chi connectivity index (χ4v) is 2.84. The number of halogens is 4. The van der Waals surface area contributed by atoms with Crippen LogP contribution in [0.3, 0.4) is 0 Å². The summed E-state index contributed by atoms with van der Waals surface area (Å²) in [6.07, 6.45) is -4.80. The highest BCUT2D eigenvalue weighted by Gasteiger charge is 2.37. The molecule has 0 bridgehead atoms. The van der Waals surface area contributed by atoms with Crippen LogP contribution < -0.4 is 4.72 Å². The van der Waals surface area contributed by atoms with Gasteiger partial charge in [0.25, 0.3) is 0 Å². The van der Waals surface area contributed by atoms with Crippen LogP contribution in [0.2, 0.25) is 5.02 Å². The number of nitrogens with zero attached hydrogens (tertiary/aromatic N) is 1. The first-order valence-corrected chi connectivity index (χ1v) is 7.41. The number of alkyl halides is 3. The first-order valence-electron chi connectivity index (χ1n) is 5.55. The molecule has 114 valence electrons. The Kier molecular flexibility index (Phi) is 5.42. The van der Waals surface area contributed by atoms with Crippen LogP contribution in [0.1, 0.15) is 5.56 Å². The van der Waals surface area contributed by atoms with E-state index in [1.807, 2.05) is 0 Å². The normalized spacial score (nSPS) is 12.9. The van der Waals surface area contributed by atoms with Crippen molar-refractivity contribution in [2.75, 3.05) is 27.2 Å². The predicted octanol–water partition coefficient (Wildman–Crippen LogP) is 2.20. The fourth-order valence-electron chi connectivity index (χ4n) is 1.44. The molecule has 0 aromatic heterocycles. The number of nitrogens with one attached hydrogen (secondary N) is 1. The molecule has 1 aromatic carbocycles. The van der Waals surface area contributed by atoms with Crippen molar-refractivity contribution in [3.8, 4) is 0 Å². The summed E-state index contributed by atoms with van der Waals surface area (Å²) in [5.41, 5.74) is -1.28. The lowest BCUT2D eigenvalue weighted by atomic mass is 10.2. The van der Waals surface area contributed by atoms with Gasteiger partial charge < -0.3 is 4.90 Å². The average Bonchev–Trinajstić information content (AvgIpc) is 2.26. The van der Waals surface area contributed by atoms with Gasteiger partial charge in [-0.15, -0.1) is 0 Å². The van der Waals surface area contributed by atoms with Crippen molar-refractivity contribution >= 4 is 21.6 Å². The number of benzene rings is 1. The van der Waals surface area contributed by atoms with Gasteiger partial charge in [-0.3, -0.25) is 0 Å². The van der Waals surface area contributed by atoms with Gasteiger partial charge in [0, 0.05) is 18.1 Å². The lowest BCUT2D eigenvalue weighted by Crippen LogP contribution is -2.32. The van der Waals surface area contributed by atoms with E-state index >= 15 is 0 Å². The Balaban J connectivity index is 3.12. The van der Waals surface area contributed by atoms with Crippen LogP contribution in [0.5, 0.6) is 0 Å². The Bertz CT molecular complexity index is 574. The van der Waals surface area contributed by atoms with Crippen LogP contribution in [-0.2, 0) is 16.2 Å². The number of hydrogen-bond donors (Lipinski definition) is 1. The van der Waals surface area contributed by atoms with Crippen LogP contribution in [-0.4, -0.2) is 40.5 Å². The molecular weight excluding hydrogens is 317 g/mol. The molecule has 1 N–H and O–H groups in total. The van der Waals surface area contributed by atoms with Gasteiger partial charge in [0.15, 0.2) is 0 Å². The summed E-state index contributed by atoms with van der Waals surface area (Å²) in [6.45, 7) is 0.378. The van der Waals surface area contributed by atoms with Crippen molar-refractivity contribution in [3.63, 3.8) is 0 Å². The second-order valence-electron chi connectivity index (χ2n) is 4.34. The first kappa shape index (κ1) is 17.2. The lowest BCUT2D eigenvalue weighted by Gasteiger charge is -2.15. The predicted molar refractivity (Wildman–Crippen MR) is 70.2 cm³/mol. The molecule has 0 aliphatic heterocycles. The molecule has 0 unspecified atom stereocenters. The van der Waals surface area contributed by atoms with E-state index in [0.29, 0.717) is 12.6 Å². The first-order chi connectivity index (χ1) is 9.04. The average molecular weight is 331 g/mol. The van der Waals surface area contributed by atoms with Crippen LogP contribution >= 0.6 is 11.6 Å². The molecule has 0 saturated carbocycles. The second kappa shape index (κ2) is 6.30. The highest BCUT2D eigenvalue weighted by atomic mass is 35.5. The van der Waals surface area contributed by atoms with Crippen molar-refractivity contribution in [2.45, 2.75) is 11.1 Å². The van der Waals surface area contributed by atoms with E-state index in [-0.39, 0.29) is 11.6 Å². The molecule has 1 aromatic rings. The third-order valence-corrected chi connectivity index (χ3v) is 4.14. The largest absolute Gasteiger partial charge is 0.417 e. The highest BCUT2D eigenvalue weighted by molar-refractivity contribution is 7.89. The van der Waals surface area contributed by atoms with Gasteiger partial charge in [-0.2, -0.15) is 13.2 Å². The SMILES string of the molecule is CN(C)CCNS(=O)(=O)c1ccc(Cl)cc1C(F)(F)F. The molecule has 20 heavy (non-hydrogen) atoms. The minimum absolute atomic E-state index is 0.00918. The fraction of sp³-hybridized carbons (Fsp3) is 0.455. The molecule has 0 amide bonds. The minimum Gasteiger partial charge on any atom is -0.308 e. The highest BCUT2D eigenvalue weighted by Crippen LogP contribution is 2.35. The summed E-state index contributed by atoms with van der Waals surface area (Å²) in [5.74, 6) is 0. The maximum absolute atomic E-state index is 12.9. The van der Waals surface area contributed by atoms with E-state index < -0.39 is 26.7 Å². The van der Waals surface area contributed by atoms with E-state index in [4.69, 9.17) is 11.6 Å². The van der Waals surface area contributed by atoms with Crippen molar-refractivity contribution in [2.24, 2.45) is 0 Å². The minimum atomic E-state index is -4.80. The summed E-state index contributed by atoms with van der Waals surface area (Å²) in [7, 11) is -0.802. The molecule has 0 spiro atoms. The van der Waals surface area contributed by atoms with Gasteiger partial charge >= 0.3 is 6.18 Å². The third kappa shape index (κ3) is 4.62. The van der Waals surface area contributed by atoms with Gasteiger partial charge in [-0.1, -0.05) is 11.6 Å². The molecule has 0 saturated heterocycles. The van der Waals surface area contributed by atoms with Gasteiger partial charge in [0.05, 0.1) is 10.5 Å². The Hall–Kier alpha value is -0.830. The van der Waals surface area contributed by atoms with Gasteiger partial charge in [-0.25, -0.2) is 13.1 Å². The van der Waals surface area contributed by atoms with E-state index in [2.05, 4.69) is 4.72 Å². The Morgan fingerprint density at radius 3 is 2.40 bits per heavy atom. The van der Waals surface area contributed by atoms with Crippen LogP contribution in [0.25, 0.3) is 0 Å². The maximum Gasteiger partial charge on any atom is 0.417 e. The van der Waals surface area contributed by atoms with Crippen LogP contribution in [0, 0.1) is 0 Å². The molecule has 0 fully saturated rings. The Labute approximate surface area is 120 Å². The monoisotopic (exact) mass is 330 g/mol. The molecule has 0 aliphatic rings. The summed E-state index contributed by atoms with van der Waals surface area (Å²) < 4.78 is 64.5. The molecule has 0 aliphatic carbocycles. The van der Waals surface area contributed by atoms with E-state index in [0.717, 1.165) is 12.1 Å². The smallest absolute Gasteiger partial charge is 0.308 e. The van der Waals surface area contributed by atoms with Crippen molar-refractivity contribution in [3.05, 3.63) is 28.8 Å². The Morgan fingerprint density at radius 2 is 1.90 bits per heavy atom. The van der Waals surface area contributed by atoms with Crippen LogP contribution in [0.15, 0.2) is 23.1 Å². The maximum atomic E-state index is 12.9. The summed E-state index contributed by atoms with van der Waals surface area (Å²) >= 11 is 5.50. The lowest BCUT2D eigenvalue weighted by molar-refractivity contribution is -0.139. The molecule has 0 heterocycles. The quantitative estimate of drug-likeness (QED) is 0.900. The van der Waals surface area contributed by atoms with Crippen molar-refractivity contribution in [1.29, 1.82) is 0 Å². The van der Waals surface area contributed by atoms with E-state index in [9.17, 15) is 21.6 Å². The zero-order chi connectivity index (χ0) is 15.6.